The Morgan fingerprint density at radius 2 is 1.83 bits per heavy atom. The Hall–Kier alpha value is -3.03. The molecular formula is C23H22FN2O4+. The van der Waals surface area contributed by atoms with E-state index in [0.29, 0.717) is 25.3 Å². The van der Waals surface area contributed by atoms with Crippen molar-refractivity contribution in [2.75, 3.05) is 39.4 Å². The molecule has 2 aliphatic rings. The van der Waals surface area contributed by atoms with Gasteiger partial charge in [-0.25, -0.2) is 4.39 Å². The maximum absolute atomic E-state index is 13.8. The van der Waals surface area contributed by atoms with Gasteiger partial charge >= 0.3 is 0 Å². The first kappa shape index (κ1) is 19.0. The first-order chi connectivity index (χ1) is 14.6. The fourth-order valence-electron chi connectivity index (χ4n) is 4.39. The van der Waals surface area contributed by atoms with Crippen molar-refractivity contribution in [3.63, 3.8) is 0 Å². The van der Waals surface area contributed by atoms with Gasteiger partial charge in [0.1, 0.15) is 24.5 Å². The van der Waals surface area contributed by atoms with E-state index >= 15 is 0 Å². The van der Waals surface area contributed by atoms with Gasteiger partial charge in [0.25, 0.3) is 5.91 Å². The van der Waals surface area contributed by atoms with Crippen molar-refractivity contribution in [1.29, 1.82) is 0 Å². The molecule has 0 bridgehead atoms. The van der Waals surface area contributed by atoms with E-state index in [2.05, 4.69) is 0 Å². The van der Waals surface area contributed by atoms with Crippen LogP contribution in [0.25, 0.3) is 11.0 Å². The average Bonchev–Trinajstić information content (AvgIpc) is 3.06. The second kappa shape index (κ2) is 7.66. The van der Waals surface area contributed by atoms with Gasteiger partial charge in [0.05, 0.1) is 43.3 Å². The summed E-state index contributed by atoms with van der Waals surface area (Å²) in [5.41, 5.74) is 1.00. The van der Waals surface area contributed by atoms with Crippen molar-refractivity contribution in [3.8, 4) is 0 Å². The summed E-state index contributed by atoms with van der Waals surface area (Å²) in [5.74, 6) is -0.747. The second-order valence-electron chi connectivity index (χ2n) is 7.74. The molecule has 6 nitrogen and oxygen atoms in total. The molecule has 3 heterocycles. The SMILES string of the molecule is O=C1c2oc3ccc(F)cc3c(=O)c2[C@@H](c2ccccc2)N1CC[NH+]1CCOCC1. The molecule has 1 saturated heterocycles. The minimum atomic E-state index is -0.543. The molecule has 0 radical (unpaired) electrons. The third kappa shape index (κ3) is 3.20. The summed E-state index contributed by atoms with van der Waals surface area (Å²) in [6.07, 6.45) is 0. The molecule has 0 saturated carbocycles. The maximum Gasteiger partial charge on any atom is 0.291 e. The Labute approximate surface area is 172 Å². The smallest absolute Gasteiger partial charge is 0.291 e. The zero-order chi connectivity index (χ0) is 20.7. The van der Waals surface area contributed by atoms with Gasteiger partial charge in [-0.15, -0.1) is 0 Å². The summed E-state index contributed by atoms with van der Waals surface area (Å²) >= 11 is 0. The minimum absolute atomic E-state index is 0.0601. The normalized spacial score (nSPS) is 19.4. The lowest BCUT2D eigenvalue weighted by atomic mass is 9.98. The van der Waals surface area contributed by atoms with E-state index in [4.69, 9.17) is 9.15 Å². The number of ether oxygens (including phenoxy) is 1. The highest BCUT2D eigenvalue weighted by Crippen LogP contribution is 2.37. The standard InChI is InChI=1S/C23H21FN2O4/c24-16-6-7-18-17(14-16)21(27)19-20(15-4-2-1-3-5-15)26(23(28)22(19)30-18)9-8-25-10-12-29-13-11-25/h1-7,14,20H,8-13H2/p+1/t20-/m1/s1. The summed E-state index contributed by atoms with van der Waals surface area (Å²) in [5, 5.41) is 0.156. The summed E-state index contributed by atoms with van der Waals surface area (Å²) in [6.45, 7) is 4.46. The molecule has 0 aliphatic carbocycles. The number of nitrogens with zero attached hydrogens (tertiary/aromatic N) is 1. The van der Waals surface area contributed by atoms with Gasteiger partial charge in [0.15, 0.2) is 5.43 Å². The molecule has 5 rings (SSSR count). The first-order valence-electron chi connectivity index (χ1n) is 10.2. The topological polar surface area (TPSA) is 64.2 Å². The summed E-state index contributed by atoms with van der Waals surface area (Å²) < 4.78 is 25.1. The third-order valence-electron chi connectivity index (χ3n) is 5.95. The van der Waals surface area contributed by atoms with Crippen LogP contribution in [0.15, 0.2) is 57.7 Å². The van der Waals surface area contributed by atoms with Crippen LogP contribution in [-0.2, 0) is 4.74 Å². The Kier molecular flexibility index (Phi) is 4.84. The number of carbonyl (C=O) groups excluding carboxylic acids is 1. The molecule has 1 aromatic heterocycles. The number of quaternary nitrogens is 1. The number of halogens is 1. The highest BCUT2D eigenvalue weighted by molar-refractivity contribution is 5.99. The van der Waals surface area contributed by atoms with Crippen molar-refractivity contribution in [3.05, 3.63) is 81.5 Å². The van der Waals surface area contributed by atoms with Crippen molar-refractivity contribution in [2.24, 2.45) is 0 Å². The van der Waals surface area contributed by atoms with Crippen LogP contribution in [0.3, 0.4) is 0 Å². The van der Waals surface area contributed by atoms with Crippen LogP contribution in [-0.4, -0.2) is 50.2 Å². The monoisotopic (exact) mass is 409 g/mol. The Bertz CT molecular complexity index is 1160. The molecular weight excluding hydrogens is 387 g/mol. The van der Waals surface area contributed by atoms with Crippen molar-refractivity contribution >= 4 is 16.9 Å². The van der Waals surface area contributed by atoms with Crippen LogP contribution in [0.5, 0.6) is 0 Å². The minimum Gasteiger partial charge on any atom is -0.450 e. The van der Waals surface area contributed by atoms with Crippen LogP contribution >= 0.6 is 0 Å². The Morgan fingerprint density at radius 3 is 2.60 bits per heavy atom. The van der Waals surface area contributed by atoms with Crippen LogP contribution < -0.4 is 10.3 Å². The molecule has 1 atom stereocenters. The van der Waals surface area contributed by atoms with Gasteiger partial charge in [-0.05, 0) is 23.8 Å². The molecule has 2 aliphatic heterocycles. The average molecular weight is 409 g/mol. The number of amides is 1. The van der Waals surface area contributed by atoms with Crippen molar-refractivity contribution in [2.45, 2.75) is 6.04 Å². The molecule has 1 N–H and O–H groups in total. The molecule has 2 aromatic carbocycles. The predicted molar refractivity (Wildman–Crippen MR) is 108 cm³/mol. The van der Waals surface area contributed by atoms with Gasteiger partial charge < -0.3 is 19.0 Å². The highest BCUT2D eigenvalue weighted by atomic mass is 19.1. The van der Waals surface area contributed by atoms with Gasteiger partial charge in [-0.2, -0.15) is 0 Å². The molecule has 0 spiro atoms. The Balaban J connectivity index is 1.60. The number of benzene rings is 2. The van der Waals surface area contributed by atoms with E-state index in [0.717, 1.165) is 25.2 Å². The largest absolute Gasteiger partial charge is 0.450 e. The van der Waals surface area contributed by atoms with Crippen LogP contribution in [0.4, 0.5) is 4.39 Å². The zero-order valence-electron chi connectivity index (χ0n) is 16.4. The molecule has 7 heteroatoms. The van der Waals surface area contributed by atoms with Crippen molar-refractivity contribution in [1.82, 2.24) is 4.90 Å². The number of hydrogen-bond acceptors (Lipinski definition) is 4. The van der Waals surface area contributed by atoms with Crippen LogP contribution in [0, 0.1) is 5.82 Å². The zero-order valence-corrected chi connectivity index (χ0v) is 16.4. The molecule has 30 heavy (non-hydrogen) atoms. The molecule has 154 valence electrons. The van der Waals surface area contributed by atoms with E-state index in [-0.39, 0.29) is 28.1 Å². The Morgan fingerprint density at radius 1 is 1.07 bits per heavy atom. The van der Waals surface area contributed by atoms with Gasteiger partial charge in [-0.1, -0.05) is 30.3 Å². The van der Waals surface area contributed by atoms with Gasteiger partial charge in [-0.3, -0.25) is 9.59 Å². The number of nitrogens with one attached hydrogen (secondary N) is 1. The number of morpholine rings is 1. The highest BCUT2D eigenvalue weighted by Gasteiger charge is 2.43. The quantitative estimate of drug-likeness (QED) is 0.708. The fraction of sp³-hybridized carbons (Fsp3) is 0.304. The van der Waals surface area contributed by atoms with Crippen molar-refractivity contribution < 1.29 is 23.2 Å². The number of rotatable bonds is 4. The van der Waals surface area contributed by atoms with E-state index in [1.807, 2.05) is 30.3 Å². The lowest BCUT2D eigenvalue weighted by molar-refractivity contribution is -0.907. The van der Waals surface area contributed by atoms with E-state index in [1.54, 1.807) is 4.90 Å². The van der Waals surface area contributed by atoms with Crippen LogP contribution in [0.2, 0.25) is 0 Å². The number of carbonyl (C=O) groups is 1. The molecule has 1 amide bonds. The van der Waals surface area contributed by atoms with Gasteiger partial charge in [0.2, 0.25) is 5.76 Å². The third-order valence-corrected chi connectivity index (χ3v) is 5.95. The van der Waals surface area contributed by atoms with Crippen LogP contribution in [0.1, 0.15) is 27.7 Å². The van der Waals surface area contributed by atoms with Gasteiger partial charge in [0, 0.05) is 0 Å². The maximum atomic E-state index is 13.8. The number of hydrogen-bond donors (Lipinski definition) is 1. The number of fused-ring (bicyclic) bond motifs is 2. The van der Waals surface area contributed by atoms with E-state index in [1.165, 1.54) is 23.1 Å². The lowest BCUT2D eigenvalue weighted by Crippen LogP contribution is -3.14. The molecule has 3 aromatic rings. The van der Waals surface area contributed by atoms with E-state index < -0.39 is 11.9 Å². The summed E-state index contributed by atoms with van der Waals surface area (Å²) in [4.78, 5) is 29.7. The molecule has 1 fully saturated rings. The second-order valence-corrected chi connectivity index (χ2v) is 7.74. The van der Waals surface area contributed by atoms with E-state index in [9.17, 15) is 14.0 Å². The predicted octanol–water partition coefficient (Wildman–Crippen LogP) is 1.39. The fourth-order valence-corrected chi connectivity index (χ4v) is 4.39. The molecule has 0 unspecified atom stereocenters. The summed E-state index contributed by atoms with van der Waals surface area (Å²) in [7, 11) is 0. The summed E-state index contributed by atoms with van der Waals surface area (Å²) in [6, 6.07) is 12.7. The first-order valence-corrected chi connectivity index (χ1v) is 10.2. The lowest BCUT2D eigenvalue weighted by Gasteiger charge is -2.29.